The fraction of sp³-hybridized carbons (Fsp3) is 0.364. The zero-order valence-corrected chi connectivity index (χ0v) is 12.2. The van der Waals surface area contributed by atoms with Gasteiger partial charge in [0, 0.05) is 5.33 Å². The maximum Gasteiger partial charge on any atom is 0.181 e. The predicted molar refractivity (Wildman–Crippen MR) is 70.4 cm³/mol. The number of methoxy groups -OCH3 is 2. The summed E-state index contributed by atoms with van der Waals surface area (Å²) >= 11 is 6.55. The van der Waals surface area contributed by atoms with Crippen LogP contribution in [0.15, 0.2) is 18.2 Å². The molecule has 0 radical (unpaired) electrons. The lowest BCUT2D eigenvalue weighted by molar-refractivity contribution is 0.0994. The summed E-state index contributed by atoms with van der Waals surface area (Å²) in [7, 11) is 3.10. The number of hydrogen-bond donors (Lipinski definition) is 0. The smallest absolute Gasteiger partial charge is 0.181 e. The van der Waals surface area contributed by atoms with Crippen molar-refractivity contribution in [3.05, 3.63) is 23.8 Å². The number of hydrogen-bond acceptors (Lipinski definition) is 3. The van der Waals surface area contributed by atoms with Crippen LogP contribution >= 0.6 is 31.9 Å². The van der Waals surface area contributed by atoms with E-state index in [9.17, 15) is 4.79 Å². The van der Waals surface area contributed by atoms with Crippen molar-refractivity contribution in [1.29, 1.82) is 0 Å². The predicted octanol–water partition coefficient (Wildman–Crippen LogP) is 3.04. The first kappa shape index (κ1) is 13.5. The minimum atomic E-state index is -0.270. The topological polar surface area (TPSA) is 35.5 Å². The number of ether oxygens (including phenoxy) is 2. The van der Waals surface area contributed by atoms with Gasteiger partial charge in [0.2, 0.25) is 0 Å². The number of benzene rings is 1. The Kier molecular flexibility index (Phi) is 5.28. The first-order chi connectivity index (χ1) is 7.63. The molecule has 0 N–H and O–H groups in total. The molecule has 0 amide bonds. The summed E-state index contributed by atoms with van der Waals surface area (Å²) in [5.74, 6) is 1.15. The van der Waals surface area contributed by atoms with Crippen LogP contribution in [0.25, 0.3) is 0 Å². The van der Waals surface area contributed by atoms with Crippen molar-refractivity contribution in [2.24, 2.45) is 0 Å². The average molecular weight is 352 g/mol. The minimum Gasteiger partial charge on any atom is -0.497 e. The van der Waals surface area contributed by atoms with Crippen LogP contribution in [0.3, 0.4) is 0 Å². The first-order valence-corrected chi connectivity index (χ1v) is 6.64. The molecule has 0 spiro atoms. The lowest BCUT2D eigenvalue weighted by Crippen LogP contribution is -2.16. The van der Waals surface area contributed by atoms with Crippen LogP contribution < -0.4 is 9.47 Å². The molecule has 1 atom stereocenters. The highest BCUT2D eigenvalue weighted by molar-refractivity contribution is 9.12. The van der Waals surface area contributed by atoms with E-state index in [0.717, 1.165) is 0 Å². The van der Waals surface area contributed by atoms with Gasteiger partial charge in [-0.2, -0.15) is 0 Å². The van der Waals surface area contributed by atoms with Gasteiger partial charge in [0.05, 0.1) is 24.6 Å². The van der Waals surface area contributed by atoms with Crippen molar-refractivity contribution >= 4 is 37.6 Å². The molecule has 0 saturated heterocycles. The summed E-state index contributed by atoms with van der Waals surface area (Å²) in [6, 6.07) is 5.16. The Bertz CT molecular complexity index is 379. The van der Waals surface area contributed by atoms with E-state index in [-0.39, 0.29) is 10.6 Å². The lowest BCUT2D eigenvalue weighted by atomic mass is 10.1. The molecule has 0 bridgehead atoms. The van der Waals surface area contributed by atoms with E-state index in [0.29, 0.717) is 22.4 Å². The normalized spacial score (nSPS) is 12.0. The molecule has 0 aliphatic rings. The second-order valence-corrected chi connectivity index (χ2v) is 4.81. The van der Waals surface area contributed by atoms with Crippen molar-refractivity contribution in [2.45, 2.75) is 4.83 Å². The first-order valence-electron chi connectivity index (χ1n) is 4.60. The molecule has 1 unspecified atom stereocenters. The van der Waals surface area contributed by atoms with Crippen LogP contribution in [0.1, 0.15) is 10.4 Å². The van der Waals surface area contributed by atoms with Gasteiger partial charge in [-0.25, -0.2) is 0 Å². The number of halogens is 2. The number of Topliss-reactive ketones (excluding diaryl/α,β-unsaturated/α-hetero) is 1. The molecule has 0 aliphatic heterocycles. The summed E-state index contributed by atoms with van der Waals surface area (Å²) in [6.07, 6.45) is 0. The third-order valence-electron chi connectivity index (χ3n) is 2.09. The summed E-state index contributed by atoms with van der Waals surface area (Å²) in [5.41, 5.74) is 0.517. The van der Waals surface area contributed by atoms with Gasteiger partial charge in [-0.1, -0.05) is 31.9 Å². The second kappa shape index (κ2) is 6.25. The van der Waals surface area contributed by atoms with Crippen LogP contribution in [0.2, 0.25) is 0 Å². The van der Waals surface area contributed by atoms with Gasteiger partial charge < -0.3 is 9.47 Å². The largest absolute Gasteiger partial charge is 0.497 e. The average Bonchev–Trinajstić information content (AvgIpc) is 2.35. The van der Waals surface area contributed by atoms with Crippen LogP contribution in [0.4, 0.5) is 0 Å². The summed E-state index contributed by atoms with van der Waals surface area (Å²) in [5, 5.41) is 0.548. The molecule has 0 fully saturated rings. The Morgan fingerprint density at radius 1 is 1.38 bits per heavy atom. The number of ketones is 1. The molecule has 0 saturated carbocycles. The van der Waals surface area contributed by atoms with Crippen LogP contribution in [0.5, 0.6) is 11.5 Å². The Morgan fingerprint density at radius 2 is 2.06 bits per heavy atom. The number of carbonyl (C=O) groups excluding carboxylic acids is 1. The second-order valence-electron chi connectivity index (χ2n) is 3.05. The van der Waals surface area contributed by atoms with Crippen LogP contribution in [-0.4, -0.2) is 30.2 Å². The third-order valence-corrected chi connectivity index (χ3v) is 4.35. The van der Waals surface area contributed by atoms with Crippen molar-refractivity contribution in [3.8, 4) is 11.5 Å². The Hall–Kier alpha value is -0.550. The van der Waals surface area contributed by atoms with Gasteiger partial charge in [-0.15, -0.1) is 0 Å². The fourth-order valence-electron chi connectivity index (χ4n) is 1.25. The summed E-state index contributed by atoms with van der Waals surface area (Å²) in [4.78, 5) is 11.7. The molecule has 1 aromatic rings. The molecule has 88 valence electrons. The molecule has 1 aromatic carbocycles. The molecule has 5 heteroatoms. The van der Waals surface area contributed by atoms with Gasteiger partial charge in [0.25, 0.3) is 0 Å². The van der Waals surface area contributed by atoms with Crippen molar-refractivity contribution < 1.29 is 14.3 Å². The molecular weight excluding hydrogens is 340 g/mol. The van der Waals surface area contributed by atoms with E-state index in [4.69, 9.17) is 9.47 Å². The zero-order valence-electron chi connectivity index (χ0n) is 9.00. The summed E-state index contributed by atoms with van der Waals surface area (Å²) < 4.78 is 10.2. The van der Waals surface area contributed by atoms with E-state index in [1.54, 1.807) is 25.3 Å². The molecular formula is C11H12Br2O3. The van der Waals surface area contributed by atoms with Crippen molar-refractivity contribution in [3.63, 3.8) is 0 Å². The highest BCUT2D eigenvalue weighted by Gasteiger charge is 2.20. The van der Waals surface area contributed by atoms with Gasteiger partial charge in [-0.05, 0) is 18.2 Å². The Balaban J connectivity index is 3.13. The maximum atomic E-state index is 12.0. The van der Waals surface area contributed by atoms with Gasteiger partial charge in [-0.3, -0.25) is 4.79 Å². The van der Waals surface area contributed by atoms with Gasteiger partial charge >= 0.3 is 0 Å². The Morgan fingerprint density at radius 3 is 2.56 bits per heavy atom. The fourth-order valence-corrected chi connectivity index (χ4v) is 1.79. The molecule has 0 aliphatic carbocycles. The highest BCUT2D eigenvalue weighted by atomic mass is 79.9. The Labute approximate surface area is 111 Å². The third kappa shape index (κ3) is 2.98. The molecule has 16 heavy (non-hydrogen) atoms. The maximum absolute atomic E-state index is 12.0. The lowest BCUT2D eigenvalue weighted by Gasteiger charge is -2.11. The van der Waals surface area contributed by atoms with E-state index >= 15 is 0 Å². The van der Waals surface area contributed by atoms with E-state index in [1.807, 2.05) is 0 Å². The minimum absolute atomic E-state index is 0.0346. The van der Waals surface area contributed by atoms with E-state index < -0.39 is 0 Å². The number of alkyl halides is 2. The molecule has 0 aromatic heterocycles. The van der Waals surface area contributed by atoms with Crippen molar-refractivity contribution in [1.82, 2.24) is 0 Å². The molecule has 0 heterocycles. The standard InChI is InChI=1S/C11H12Br2O3/c1-15-7-3-4-10(16-2)8(5-7)11(14)9(13)6-12/h3-5,9H,6H2,1-2H3. The van der Waals surface area contributed by atoms with Crippen LogP contribution in [-0.2, 0) is 0 Å². The quantitative estimate of drug-likeness (QED) is 0.604. The SMILES string of the molecule is COc1ccc(OC)c(C(=O)C(Br)CBr)c1. The van der Waals surface area contributed by atoms with E-state index in [2.05, 4.69) is 31.9 Å². The van der Waals surface area contributed by atoms with Gasteiger partial charge in [0.15, 0.2) is 5.78 Å². The molecule has 3 nitrogen and oxygen atoms in total. The van der Waals surface area contributed by atoms with Crippen LogP contribution in [0, 0.1) is 0 Å². The monoisotopic (exact) mass is 350 g/mol. The summed E-state index contributed by atoms with van der Waals surface area (Å²) in [6.45, 7) is 0. The van der Waals surface area contributed by atoms with E-state index in [1.165, 1.54) is 7.11 Å². The highest BCUT2D eigenvalue weighted by Crippen LogP contribution is 2.26. The molecule has 1 rings (SSSR count). The number of carbonyl (C=O) groups is 1. The zero-order chi connectivity index (χ0) is 12.1. The van der Waals surface area contributed by atoms with Gasteiger partial charge in [0.1, 0.15) is 11.5 Å². The van der Waals surface area contributed by atoms with Crippen molar-refractivity contribution in [2.75, 3.05) is 19.5 Å². The number of rotatable bonds is 5.